The Labute approximate surface area is 159 Å². The molecule has 1 saturated heterocycles. The van der Waals surface area contributed by atoms with Gasteiger partial charge in [0.25, 0.3) is 0 Å². The van der Waals surface area contributed by atoms with E-state index in [-0.39, 0.29) is 17.6 Å². The molecule has 2 aromatic carbocycles. The molecule has 0 aromatic heterocycles. The molecule has 1 aliphatic heterocycles. The van der Waals surface area contributed by atoms with Crippen LogP contribution in [-0.2, 0) is 5.60 Å². The number of aliphatic hydroxyl groups excluding tert-OH is 1. The van der Waals surface area contributed by atoms with Gasteiger partial charge in [0.05, 0.1) is 11.7 Å². The maximum Gasteiger partial charge on any atom is 0.123 e. The molecule has 2 atom stereocenters. The van der Waals surface area contributed by atoms with Crippen molar-refractivity contribution in [1.82, 2.24) is 4.90 Å². The summed E-state index contributed by atoms with van der Waals surface area (Å²) in [6.45, 7) is 6.91. The maximum atomic E-state index is 13.1. The van der Waals surface area contributed by atoms with Gasteiger partial charge < -0.3 is 15.3 Å². The number of nitrogens with zero attached hydrogens (tertiary/aromatic N) is 1. The average molecular weight is 373 g/mol. The number of likely N-dealkylation sites (tertiary alicyclic amines) is 1. The lowest BCUT2D eigenvalue weighted by Crippen LogP contribution is -2.47. The van der Waals surface area contributed by atoms with E-state index >= 15 is 0 Å². The topological polar surface area (TPSA) is 63.9 Å². The third kappa shape index (κ3) is 4.00. The number of aliphatic hydroxyl groups is 2. The number of phenolic OH excluding ortho intramolecular Hbond substituents is 1. The van der Waals surface area contributed by atoms with Gasteiger partial charge in [-0.05, 0) is 80.1 Å². The summed E-state index contributed by atoms with van der Waals surface area (Å²) in [5, 5.41) is 31.7. The van der Waals surface area contributed by atoms with Crippen LogP contribution in [0.1, 0.15) is 48.1 Å². The van der Waals surface area contributed by atoms with Crippen LogP contribution < -0.4 is 0 Å². The summed E-state index contributed by atoms with van der Waals surface area (Å²) < 4.78 is 13.1. The van der Waals surface area contributed by atoms with E-state index in [1.54, 1.807) is 12.1 Å². The average Bonchev–Trinajstić information content (AvgIpc) is 2.65. The van der Waals surface area contributed by atoms with E-state index in [0.29, 0.717) is 25.9 Å². The van der Waals surface area contributed by atoms with Crippen LogP contribution in [-0.4, -0.2) is 39.4 Å². The summed E-state index contributed by atoms with van der Waals surface area (Å²) in [5.41, 5.74) is 2.07. The zero-order valence-electron chi connectivity index (χ0n) is 16.1. The first-order valence-corrected chi connectivity index (χ1v) is 9.42. The quantitative estimate of drug-likeness (QED) is 0.767. The summed E-state index contributed by atoms with van der Waals surface area (Å²) in [5.74, 6) is -0.0445. The van der Waals surface area contributed by atoms with E-state index in [9.17, 15) is 19.7 Å². The Balaban J connectivity index is 1.69. The van der Waals surface area contributed by atoms with Crippen molar-refractivity contribution in [3.05, 3.63) is 64.5 Å². The van der Waals surface area contributed by atoms with E-state index in [4.69, 9.17) is 0 Å². The smallest absolute Gasteiger partial charge is 0.123 e. The van der Waals surface area contributed by atoms with Crippen molar-refractivity contribution in [2.24, 2.45) is 0 Å². The normalized spacial score (nSPS) is 19.6. The standard InChI is InChI=1S/C22H28FNO3/c1-14-12-17(13-15(2)20(14)25)21(26)16(3)24-10-8-22(27,9-11-24)18-4-6-19(23)7-5-18/h4-7,12-13,16,21,25-27H,8-11H2,1-3H3. The molecule has 0 amide bonds. The molecule has 5 heteroatoms. The Morgan fingerprint density at radius 1 is 1.04 bits per heavy atom. The molecule has 27 heavy (non-hydrogen) atoms. The first-order valence-electron chi connectivity index (χ1n) is 9.42. The van der Waals surface area contributed by atoms with E-state index < -0.39 is 11.7 Å². The van der Waals surface area contributed by atoms with Crippen molar-refractivity contribution in [2.75, 3.05) is 13.1 Å². The van der Waals surface area contributed by atoms with Crippen LogP contribution in [0.2, 0.25) is 0 Å². The van der Waals surface area contributed by atoms with Crippen LogP contribution >= 0.6 is 0 Å². The van der Waals surface area contributed by atoms with Crippen molar-refractivity contribution >= 4 is 0 Å². The highest BCUT2D eigenvalue weighted by molar-refractivity contribution is 5.43. The zero-order valence-corrected chi connectivity index (χ0v) is 16.1. The molecule has 0 aliphatic carbocycles. The predicted octanol–water partition coefficient (Wildman–Crippen LogP) is 3.55. The lowest BCUT2D eigenvalue weighted by molar-refractivity contribution is -0.0502. The van der Waals surface area contributed by atoms with Gasteiger partial charge in [-0.25, -0.2) is 4.39 Å². The Kier molecular flexibility index (Phi) is 5.56. The molecule has 0 saturated carbocycles. The van der Waals surface area contributed by atoms with E-state index in [1.165, 1.54) is 12.1 Å². The molecule has 146 valence electrons. The van der Waals surface area contributed by atoms with E-state index in [0.717, 1.165) is 22.3 Å². The second-order valence-electron chi connectivity index (χ2n) is 7.76. The summed E-state index contributed by atoms with van der Waals surface area (Å²) in [7, 11) is 0. The van der Waals surface area contributed by atoms with Crippen molar-refractivity contribution in [3.8, 4) is 5.75 Å². The van der Waals surface area contributed by atoms with Crippen molar-refractivity contribution in [2.45, 2.75) is 51.4 Å². The highest BCUT2D eigenvalue weighted by atomic mass is 19.1. The third-order valence-electron chi connectivity index (χ3n) is 5.89. The van der Waals surface area contributed by atoms with Crippen LogP contribution in [0.25, 0.3) is 0 Å². The fourth-order valence-corrected chi connectivity index (χ4v) is 3.99. The number of rotatable bonds is 4. The van der Waals surface area contributed by atoms with Gasteiger partial charge in [-0.1, -0.05) is 12.1 Å². The second kappa shape index (κ2) is 7.58. The van der Waals surface area contributed by atoms with E-state index in [2.05, 4.69) is 4.90 Å². The van der Waals surface area contributed by atoms with Gasteiger partial charge >= 0.3 is 0 Å². The van der Waals surface area contributed by atoms with Gasteiger partial charge in [-0.15, -0.1) is 0 Å². The lowest BCUT2D eigenvalue weighted by Gasteiger charge is -2.42. The molecule has 3 N–H and O–H groups in total. The maximum absolute atomic E-state index is 13.1. The highest BCUT2D eigenvalue weighted by Crippen LogP contribution is 2.35. The molecule has 0 radical (unpaired) electrons. The van der Waals surface area contributed by atoms with E-state index in [1.807, 2.05) is 32.9 Å². The number of benzene rings is 2. The Morgan fingerprint density at radius 3 is 2.07 bits per heavy atom. The Hall–Kier alpha value is -1.95. The zero-order chi connectivity index (χ0) is 19.8. The van der Waals surface area contributed by atoms with Gasteiger partial charge in [0.15, 0.2) is 0 Å². The highest BCUT2D eigenvalue weighted by Gasteiger charge is 2.36. The molecule has 3 rings (SSSR count). The van der Waals surface area contributed by atoms with Crippen molar-refractivity contribution in [1.29, 1.82) is 0 Å². The fraction of sp³-hybridized carbons (Fsp3) is 0.455. The minimum Gasteiger partial charge on any atom is -0.507 e. The summed E-state index contributed by atoms with van der Waals surface area (Å²) in [4.78, 5) is 2.17. The van der Waals surface area contributed by atoms with Gasteiger partial charge in [0, 0.05) is 19.1 Å². The summed E-state index contributed by atoms with van der Waals surface area (Å²) in [6, 6.07) is 9.57. The minimum absolute atomic E-state index is 0.119. The number of hydrogen-bond acceptors (Lipinski definition) is 4. The van der Waals surface area contributed by atoms with Crippen molar-refractivity contribution in [3.63, 3.8) is 0 Å². The van der Waals surface area contributed by atoms with Crippen LogP contribution in [0.4, 0.5) is 4.39 Å². The summed E-state index contributed by atoms with van der Waals surface area (Å²) in [6.07, 6.45) is 0.382. The number of hydrogen-bond donors (Lipinski definition) is 3. The molecular weight excluding hydrogens is 345 g/mol. The van der Waals surface area contributed by atoms with Crippen LogP contribution in [0, 0.1) is 19.7 Å². The van der Waals surface area contributed by atoms with Crippen LogP contribution in [0.15, 0.2) is 36.4 Å². The number of aromatic hydroxyl groups is 1. The lowest BCUT2D eigenvalue weighted by atomic mass is 9.83. The molecule has 0 bridgehead atoms. The molecule has 2 aromatic rings. The Morgan fingerprint density at radius 2 is 1.56 bits per heavy atom. The van der Waals surface area contributed by atoms with Gasteiger partial charge in [-0.3, -0.25) is 4.90 Å². The third-order valence-corrected chi connectivity index (χ3v) is 5.89. The minimum atomic E-state index is -0.958. The summed E-state index contributed by atoms with van der Waals surface area (Å²) >= 11 is 0. The molecule has 4 nitrogen and oxygen atoms in total. The molecule has 1 fully saturated rings. The SMILES string of the molecule is Cc1cc(C(O)C(C)N2CCC(O)(c3ccc(F)cc3)CC2)cc(C)c1O. The molecule has 1 heterocycles. The first-order chi connectivity index (χ1) is 12.7. The number of halogens is 1. The second-order valence-corrected chi connectivity index (χ2v) is 7.76. The Bertz CT molecular complexity index is 775. The van der Waals surface area contributed by atoms with Crippen LogP contribution in [0.3, 0.4) is 0 Å². The molecular formula is C22H28FNO3. The number of aryl methyl sites for hydroxylation is 2. The first kappa shape index (κ1) is 19.8. The van der Waals surface area contributed by atoms with Gasteiger partial charge in [0.2, 0.25) is 0 Å². The fourth-order valence-electron chi connectivity index (χ4n) is 3.99. The molecule has 2 unspecified atom stereocenters. The monoisotopic (exact) mass is 373 g/mol. The molecule has 0 spiro atoms. The number of phenols is 1. The van der Waals surface area contributed by atoms with Crippen molar-refractivity contribution < 1.29 is 19.7 Å². The van der Waals surface area contributed by atoms with Gasteiger partial charge in [-0.2, -0.15) is 0 Å². The van der Waals surface area contributed by atoms with Crippen LogP contribution in [0.5, 0.6) is 5.75 Å². The molecule has 1 aliphatic rings. The van der Waals surface area contributed by atoms with Gasteiger partial charge in [0.1, 0.15) is 11.6 Å². The predicted molar refractivity (Wildman–Crippen MR) is 103 cm³/mol. The number of piperidine rings is 1. The largest absolute Gasteiger partial charge is 0.507 e.